The maximum atomic E-state index is 11.1. The van der Waals surface area contributed by atoms with Crippen LogP contribution < -0.4 is 5.32 Å². The van der Waals surface area contributed by atoms with Gasteiger partial charge in [0, 0.05) is 20.0 Å². The first-order chi connectivity index (χ1) is 10.5. The van der Waals surface area contributed by atoms with Crippen LogP contribution in [0.5, 0.6) is 0 Å². The summed E-state index contributed by atoms with van der Waals surface area (Å²) < 4.78 is 5.69. The molecule has 1 heterocycles. The van der Waals surface area contributed by atoms with E-state index < -0.39 is 12.2 Å². The molecule has 0 spiro atoms. The summed E-state index contributed by atoms with van der Waals surface area (Å²) in [6.45, 7) is 2.17. The van der Waals surface area contributed by atoms with Gasteiger partial charge in [-0.25, -0.2) is 0 Å². The fraction of sp³-hybridized carbons (Fsp3) is 0.562. The third-order valence-electron chi connectivity index (χ3n) is 3.98. The number of ether oxygens (including phenoxy) is 1. The van der Waals surface area contributed by atoms with Crippen LogP contribution >= 0.6 is 0 Å². The molecule has 1 aromatic rings. The Balaban J connectivity index is 2.07. The standard InChI is InChI=1S/C16H24N2O4/c1-11(20)17-8-13-15(16(21)14(10-19)22-13)18(2)9-12-6-4-3-5-7-12/h3-7,13-16,19,21H,8-10H2,1-2H3,(H,17,20). The Morgan fingerprint density at radius 2 is 2.00 bits per heavy atom. The molecule has 2 rings (SSSR count). The van der Waals surface area contributed by atoms with Crippen LogP contribution in [0.2, 0.25) is 0 Å². The third-order valence-corrected chi connectivity index (χ3v) is 3.98. The first kappa shape index (κ1) is 16.9. The zero-order valence-corrected chi connectivity index (χ0v) is 13.0. The summed E-state index contributed by atoms with van der Waals surface area (Å²) in [6.07, 6.45) is -1.77. The predicted octanol–water partition coefficient (Wildman–Crippen LogP) is -0.256. The molecular weight excluding hydrogens is 284 g/mol. The van der Waals surface area contributed by atoms with Crippen LogP contribution in [0.3, 0.4) is 0 Å². The monoisotopic (exact) mass is 308 g/mol. The van der Waals surface area contributed by atoms with E-state index in [1.54, 1.807) is 0 Å². The van der Waals surface area contributed by atoms with Gasteiger partial charge in [0.15, 0.2) is 0 Å². The zero-order valence-electron chi connectivity index (χ0n) is 13.0. The van der Waals surface area contributed by atoms with Crippen molar-refractivity contribution < 1.29 is 19.7 Å². The predicted molar refractivity (Wildman–Crippen MR) is 82.1 cm³/mol. The summed E-state index contributed by atoms with van der Waals surface area (Å²) in [4.78, 5) is 13.1. The summed E-state index contributed by atoms with van der Waals surface area (Å²) in [6, 6.07) is 9.64. The summed E-state index contributed by atoms with van der Waals surface area (Å²) in [5.41, 5.74) is 1.13. The van der Waals surface area contributed by atoms with Crippen LogP contribution in [0.25, 0.3) is 0 Å². The number of nitrogens with one attached hydrogen (secondary N) is 1. The Hall–Kier alpha value is -1.47. The normalized spacial score (nSPS) is 28.0. The van der Waals surface area contributed by atoms with Crippen LogP contribution in [0.4, 0.5) is 0 Å². The van der Waals surface area contributed by atoms with Gasteiger partial charge < -0.3 is 20.3 Å². The maximum Gasteiger partial charge on any atom is 0.216 e. The van der Waals surface area contributed by atoms with Gasteiger partial charge in [0.2, 0.25) is 5.91 Å². The van der Waals surface area contributed by atoms with Gasteiger partial charge in [0.25, 0.3) is 0 Å². The molecule has 22 heavy (non-hydrogen) atoms. The number of carbonyl (C=O) groups is 1. The summed E-state index contributed by atoms with van der Waals surface area (Å²) in [5, 5.41) is 22.4. The Kier molecular flexibility index (Phi) is 5.90. The first-order valence-electron chi connectivity index (χ1n) is 7.46. The third kappa shape index (κ3) is 4.04. The highest BCUT2D eigenvalue weighted by molar-refractivity contribution is 5.72. The molecule has 4 unspecified atom stereocenters. The Morgan fingerprint density at radius 3 is 2.59 bits per heavy atom. The fourth-order valence-corrected chi connectivity index (χ4v) is 2.91. The van der Waals surface area contributed by atoms with Crippen LogP contribution in [-0.2, 0) is 16.1 Å². The van der Waals surface area contributed by atoms with Crippen molar-refractivity contribution >= 4 is 5.91 Å². The van der Waals surface area contributed by atoms with E-state index in [0.717, 1.165) is 5.56 Å². The van der Waals surface area contributed by atoms with Gasteiger partial charge in [0.1, 0.15) is 12.2 Å². The van der Waals surface area contributed by atoms with Crippen LogP contribution in [0.15, 0.2) is 30.3 Å². The lowest BCUT2D eigenvalue weighted by Crippen LogP contribution is -2.49. The van der Waals surface area contributed by atoms with Crippen molar-refractivity contribution in [1.82, 2.24) is 10.2 Å². The summed E-state index contributed by atoms with van der Waals surface area (Å²) in [7, 11) is 1.91. The number of likely N-dealkylation sites (N-methyl/N-ethyl adjacent to an activating group) is 1. The number of hydrogen-bond donors (Lipinski definition) is 3. The number of benzene rings is 1. The second kappa shape index (κ2) is 7.69. The van der Waals surface area contributed by atoms with Crippen LogP contribution in [-0.4, -0.2) is 65.6 Å². The SMILES string of the molecule is CC(=O)NCC1OC(CO)C(O)C1N(C)Cc1ccccc1. The lowest BCUT2D eigenvalue weighted by atomic mass is 10.0. The smallest absolute Gasteiger partial charge is 0.216 e. The molecule has 1 aliphatic heterocycles. The average molecular weight is 308 g/mol. The summed E-state index contributed by atoms with van der Waals surface area (Å²) in [5.74, 6) is -0.144. The van der Waals surface area contributed by atoms with Crippen molar-refractivity contribution in [3.8, 4) is 0 Å². The quantitative estimate of drug-likeness (QED) is 0.675. The van der Waals surface area contributed by atoms with E-state index in [4.69, 9.17) is 4.74 Å². The number of carbonyl (C=O) groups excluding carboxylic acids is 1. The highest BCUT2D eigenvalue weighted by atomic mass is 16.5. The number of hydrogen-bond acceptors (Lipinski definition) is 5. The minimum atomic E-state index is -0.794. The zero-order chi connectivity index (χ0) is 16.1. The van der Waals surface area contributed by atoms with Gasteiger partial charge >= 0.3 is 0 Å². The molecule has 6 nitrogen and oxygen atoms in total. The van der Waals surface area contributed by atoms with E-state index in [0.29, 0.717) is 13.1 Å². The molecule has 4 atom stereocenters. The Bertz CT molecular complexity index is 482. The van der Waals surface area contributed by atoms with Gasteiger partial charge in [-0.05, 0) is 12.6 Å². The molecule has 3 N–H and O–H groups in total. The largest absolute Gasteiger partial charge is 0.394 e. The number of amides is 1. The molecular formula is C16H24N2O4. The molecule has 122 valence electrons. The number of aliphatic hydroxyl groups is 2. The highest BCUT2D eigenvalue weighted by Crippen LogP contribution is 2.26. The van der Waals surface area contributed by atoms with Gasteiger partial charge in [0.05, 0.1) is 18.8 Å². The van der Waals surface area contributed by atoms with E-state index in [1.165, 1.54) is 6.92 Å². The van der Waals surface area contributed by atoms with E-state index in [9.17, 15) is 15.0 Å². The van der Waals surface area contributed by atoms with Crippen molar-refractivity contribution in [2.24, 2.45) is 0 Å². The molecule has 1 amide bonds. The maximum absolute atomic E-state index is 11.1. The Morgan fingerprint density at radius 1 is 1.32 bits per heavy atom. The van der Waals surface area contributed by atoms with Gasteiger partial charge in [-0.3, -0.25) is 9.69 Å². The van der Waals surface area contributed by atoms with Crippen molar-refractivity contribution in [3.63, 3.8) is 0 Å². The molecule has 0 aromatic heterocycles. The van der Waals surface area contributed by atoms with Crippen LogP contribution in [0.1, 0.15) is 12.5 Å². The van der Waals surface area contributed by atoms with E-state index in [-0.39, 0.29) is 24.7 Å². The van der Waals surface area contributed by atoms with Crippen molar-refractivity contribution in [2.45, 2.75) is 37.8 Å². The molecule has 0 aliphatic carbocycles. The van der Waals surface area contributed by atoms with Gasteiger partial charge in [-0.2, -0.15) is 0 Å². The molecule has 1 aliphatic rings. The lowest BCUT2D eigenvalue weighted by molar-refractivity contribution is -0.119. The molecule has 1 aromatic carbocycles. The molecule has 1 saturated heterocycles. The van der Waals surface area contributed by atoms with Gasteiger partial charge in [-0.1, -0.05) is 30.3 Å². The molecule has 6 heteroatoms. The Labute approximate surface area is 130 Å². The molecule has 0 radical (unpaired) electrons. The minimum absolute atomic E-state index is 0.144. The van der Waals surface area contributed by atoms with Crippen LogP contribution in [0, 0.1) is 0 Å². The fourth-order valence-electron chi connectivity index (χ4n) is 2.91. The molecule has 1 fully saturated rings. The van der Waals surface area contributed by atoms with E-state index in [2.05, 4.69) is 5.32 Å². The van der Waals surface area contributed by atoms with E-state index in [1.807, 2.05) is 42.3 Å². The van der Waals surface area contributed by atoms with Crippen molar-refractivity contribution in [3.05, 3.63) is 35.9 Å². The first-order valence-corrected chi connectivity index (χ1v) is 7.46. The topological polar surface area (TPSA) is 82.0 Å². The molecule has 0 bridgehead atoms. The van der Waals surface area contributed by atoms with Crippen molar-refractivity contribution in [1.29, 1.82) is 0 Å². The summed E-state index contributed by atoms with van der Waals surface area (Å²) >= 11 is 0. The number of nitrogens with zero attached hydrogens (tertiary/aromatic N) is 1. The average Bonchev–Trinajstić information content (AvgIpc) is 2.82. The highest BCUT2D eigenvalue weighted by Gasteiger charge is 2.45. The second-order valence-corrected chi connectivity index (χ2v) is 5.71. The van der Waals surface area contributed by atoms with Gasteiger partial charge in [-0.15, -0.1) is 0 Å². The number of rotatable bonds is 6. The lowest BCUT2D eigenvalue weighted by Gasteiger charge is -2.30. The molecule has 0 saturated carbocycles. The minimum Gasteiger partial charge on any atom is -0.394 e. The number of aliphatic hydroxyl groups excluding tert-OH is 2. The van der Waals surface area contributed by atoms with E-state index >= 15 is 0 Å². The van der Waals surface area contributed by atoms with Crippen molar-refractivity contribution in [2.75, 3.05) is 20.2 Å². The second-order valence-electron chi connectivity index (χ2n) is 5.71.